The number of ketones is 1. The number of carbonyl (C=O) groups excluding carboxylic acids is 3. The molecule has 0 radical (unpaired) electrons. The van der Waals surface area contributed by atoms with Gasteiger partial charge in [0.1, 0.15) is 17.8 Å². The molecule has 2 amide bonds. The Balaban J connectivity index is 1.71. The normalized spacial score (nSPS) is 10.1. The van der Waals surface area contributed by atoms with Crippen LogP contribution in [0.25, 0.3) is 0 Å². The summed E-state index contributed by atoms with van der Waals surface area (Å²) in [6.45, 7) is 2.91. The Bertz CT molecular complexity index is 1060. The monoisotopic (exact) mass is 389 g/mol. The van der Waals surface area contributed by atoms with Crippen molar-refractivity contribution in [2.75, 3.05) is 16.0 Å². The molecule has 3 rings (SSSR count). The fourth-order valence-electron chi connectivity index (χ4n) is 2.56. The van der Waals surface area contributed by atoms with Crippen molar-refractivity contribution in [3.8, 4) is 0 Å². The second kappa shape index (κ2) is 8.75. The zero-order chi connectivity index (χ0) is 20.8. The third-order valence-electron chi connectivity index (χ3n) is 3.90. The van der Waals surface area contributed by atoms with Crippen LogP contribution in [0.3, 0.4) is 0 Å². The minimum atomic E-state index is -0.405. The van der Waals surface area contributed by atoms with E-state index in [4.69, 9.17) is 0 Å². The van der Waals surface area contributed by atoms with E-state index in [2.05, 4.69) is 25.9 Å². The van der Waals surface area contributed by atoms with Gasteiger partial charge in [-0.2, -0.15) is 0 Å². The van der Waals surface area contributed by atoms with Gasteiger partial charge in [-0.05, 0) is 49.4 Å². The van der Waals surface area contributed by atoms with Gasteiger partial charge in [0, 0.05) is 35.6 Å². The quantitative estimate of drug-likeness (QED) is 0.555. The van der Waals surface area contributed by atoms with Crippen LogP contribution in [0, 0.1) is 0 Å². The first-order valence-electron chi connectivity index (χ1n) is 8.80. The van der Waals surface area contributed by atoms with Crippen molar-refractivity contribution < 1.29 is 14.4 Å². The largest absolute Gasteiger partial charge is 0.340 e. The lowest BCUT2D eigenvalue weighted by atomic mass is 10.1. The van der Waals surface area contributed by atoms with E-state index in [9.17, 15) is 14.4 Å². The van der Waals surface area contributed by atoms with Crippen molar-refractivity contribution in [3.63, 3.8) is 0 Å². The molecule has 2 aromatic carbocycles. The maximum atomic E-state index is 12.5. The molecule has 0 aliphatic heterocycles. The molecule has 0 saturated heterocycles. The summed E-state index contributed by atoms with van der Waals surface area (Å²) in [5.41, 5.74) is 2.63. The number of Topliss-reactive ketones (excluding diaryl/α,β-unsaturated/α-hetero) is 1. The summed E-state index contributed by atoms with van der Waals surface area (Å²) >= 11 is 0. The Morgan fingerprint density at radius 2 is 1.52 bits per heavy atom. The van der Waals surface area contributed by atoms with Crippen LogP contribution in [0.5, 0.6) is 0 Å². The summed E-state index contributed by atoms with van der Waals surface area (Å²) in [4.78, 5) is 43.1. The van der Waals surface area contributed by atoms with Gasteiger partial charge in [-0.25, -0.2) is 9.97 Å². The molecule has 29 heavy (non-hydrogen) atoms. The molecule has 0 unspecified atom stereocenters. The van der Waals surface area contributed by atoms with Gasteiger partial charge < -0.3 is 16.0 Å². The number of rotatable bonds is 6. The Kier molecular flexibility index (Phi) is 5.94. The van der Waals surface area contributed by atoms with Crippen LogP contribution >= 0.6 is 0 Å². The Labute approximate surface area is 167 Å². The number of anilines is 4. The van der Waals surface area contributed by atoms with Crippen molar-refractivity contribution in [1.29, 1.82) is 0 Å². The van der Waals surface area contributed by atoms with Crippen molar-refractivity contribution in [1.82, 2.24) is 9.97 Å². The number of amides is 2. The van der Waals surface area contributed by atoms with E-state index in [-0.39, 0.29) is 17.4 Å². The van der Waals surface area contributed by atoms with Crippen molar-refractivity contribution >= 4 is 40.5 Å². The molecule has 0 spiro atoms. The molecule has 0 saturated carbocycles. The molecule has 0 atom stereocenters. The number of carbonyl (C=O) groups is 3. The number of nitrogens with zero attached hydrogens (tertiary/aromatic N) is 2. The van der Waals surface area contributed by atoms with Gasteiger partial charge >= 0.3 is 0 Å². The molecule has 0 bridgehead atoms. The van der Waals surface area contributed by atoms with Gasteiger partial charge in [0.2, 0.25) is 5.91 Å². The summed E-state index contributed by atoms with van der Waals surface area (Å²) in [6.07, 6.45) is 1.29. The van der Waals surface area contributed by atoms with Crippen LogP contribution in [0.2, 0.25) is 0 Å². The van der Waals surface area contributed by atoms with Crippen molar-refractivity contribution in [3.05, 3.63) is 72.2 Å². The molecule has 0 fully saturated rings. The molecule has 0 aliphatic rings. The van der Waals surface area contributed by atoms with E-state index >= 15 is 0 Å². The molecular weight excluding hydrogens is 370 g/mol. The van der Waals surface area contributed by atoms with Crippen LogP contribution in [0.15, 0.2) is 60.9 Å². The number of aromatic nitrogens is 2. The third kappa shape index (κ3) is 5.46. The lowest BCUT2D eigenvalue weighted by molar-refractivity contribution is -0.114. The highest BCUT2D eigenvalue weighted by Crippen LogP contribution is 2.19. The lowest BCUT2D eigenvalue weighted by Gasteiger charge is -2.09. The fourth-order valence-corrected chi connectivity index (χ4v) is 2.56. The summed E-state index contributed by atoms with van der Waals surface area (Å²) < 4.78 is 0. The van der Waals surface area contributed by atoms with E-state index in [1.807, 2.05) is 6.07 Å². The minimum Gasteiger partial charge on any atom is -0.340 e. The maximum absolute atomic E-state index is 12.5. The molecule has 3 N–H and O–H groups in total. The highest BCUT2D eigenvalue weighted by Gasteiger charge is 2.10. The molecule has 8 nitrogen and oxygen atoms in total. The molecule has 3 aromatic rings. The Morgan fingerprint density at radius 3 is 2.21 bits per heavy atom. The predicted molar refractivity (Wildman–Crippen MR) is 110 cm³/mol. The SMILES string of the molecule is CC(=O)Nc1cccc(Nc2cc(C(=O)Nc3ccc(C(C)=O)cc3)ncn2)c1. The van der Waals surface area contributed by atoms with Crippen LogP contribution in [0.1, 0.15) is 34.7 Å². The van der Waals surface area contributed by atoms with Crippen molar-refractivity contribution in [2.24, 2.45) is 0 Å². The zero-order valence-electron chi connectivity index (χ0n) is 15.9. The number of hydrogen-bond donors (Lipinski definition) is 3. The smallest absolute Gasteiger partial charge is 0.274 e. The Hall–Kier alpha value is -4.07. The fraction of sp³-hybridized carbons (Fsp3) is 0.0952. The van der Waals surface area contributed by atoms with E-state index < -0.39 is 5.91 Å². The maximum Gasteiger partial charge on any atom is 0.274 e. The zero-order valence-corrected chi connectivity index (χ0v) is 15.9. The molecule has 146 valence electrons. The number of nitrogens with one attached hydrogen (secondary N) is 3. The van der Waals surface area contributed by atoms with Crippen LogP contribution in [-0.2, 0) is 4.79 Å². The van der Waals surface area contributed by atoms with Crippen LogP contribution in [-0.4, -0.2) is 27.6 Å². The van der Waals surface area contributed by atoms with Gasteiger partial charge in [-0.15, -0.1) is 0 Å². The molecular formula is C21H19N5O3. The first kappa shape index (κ1) is 19.7. The first-order valence-corrected chi connectivity index (χ1v) is 8.80. The third-order valence-corrected chi connectivity index (χ3v) is 3.90. The topological polar surface area (TPSA) is 113 Å². The second-order valence-corrected chi connectivity index (χ2v) is 6.26. The molecule has 1 aromatic heterocycles. The average molecular weight is 389 g/mol. The Morgan fingerprint density at radius 1 is 0.793 bits per heavy atom. The summed E-state index contributed by atoms with van der Waals surface area (Å²) in [5.74, 6) is -0.188. The summed E-state index contributed by atoms with van der Waals surface area (Å²) in [7, 11) is 0. The summed E-state index contributed by atoms with van der Waals surface area (Å²) in [6, 6.07) is 15.2. The highest BCUT2D eigenvalue weighted by atomic mass is 16.2. The van der Waals surface area contributed by atoms with Gasteiger partial charge in [0.15, 0.2) is 5.78 Å². The van der Waals surface area contributed by atoms with Crippen molar-refractivity contribution in [2.45, 2.75) is 13.8 Å². The lowest BCUT2D eigenvalue weighted by Crippen LogP contribution is -2.14. The van der Waals surface area contributed by atoms with Crippen LogP contribution in [0.4, 0.5) is 22.9 Å². The van der Waals surface area contributed by atoms with Gasteiger partial charge in [0.25, 0.3) is 5.91 Å². The van der Waals surface area contributed by atoms with E-state index in [1.165, 1.54) is 26.2 Å². The molecule has 8 heteroatoms. The van der Waals surface area contributed by atoms with Gasteiger partial charge in [0.05, 0.1) is 0 Å². The predicted octanol–water partition coefficient (Wildman–Crippen LogP) is 3.63. The number of benzene rings is 2. The highest BCUT2D eigenvalue weighted by molar-refractivity contribution is 6.03. The summed E-state index contributed by atoms with van der Waals surface area (Å²) in [5, 5.41) is 8.51. The van der Waals surface area contributed by atoms with E-state index in [0.29, 0.717) is 28.4 Å². The standard InChI is InChI=1S/C21H19N5O3/c1-13(27)15-6-8-16(9-7-15)26-21(29)19-11-20(23-12-22-19)25-18-5-3-4-17(10-18)24-14(2)28/h3-12H,1-2H3,(H,24,28)(H,26,29)(H,22,23,25). The van der Waals surface area contributed by atoms with E-state index in [1.54, 1.807) is 42.5 Å². The first-order chi connectivity index (χ1) is 13.9. The second-order valence-electron chi connectivity index (χ2n) is 6.26. The van der Waals surface area contributed by atoms with Crippen LogP contribution < -0.4 is 16.0 Å². The number of hydrogen-bond acceptors (Lipinski definition) is 6. The van der Waals surface area contributed by atoms with E-state index in [0.717, 1.165) is 0 Å². The van der Waals surface area contributed by atoms with Gasteiger partial charge in [-0.1, -0.05) is 6.07 Å². The van der Waals surface area contributed by atoms with Gasteiger partial charge in [-0.3, -0.25) is 14.4 Å². The molecule has 0 aliphatic carbocycles. The molecule has 1 heterocycles. The average Bonchev–Trinajstić information content (AvgIpc) is 2.68. The minimum absolute atomic E-state index is 0.0445.